The molecule has 5 heteroatoms. The van der Waals surface area contributed by atoms with E-state index in [4.69, 9.17) is 0 Å². The molecule has 0 saturated carbocycles. The van der Waals surface area contributed by atoms with Crippen molar-refractivity contribution in [3.05, 3.63) is 0 Å². The topological polar surface area (TPSA) is 39.7 Å². The average Bonchev–Trinajstić information content (AvgIpc) is 2.37. The molecule has 0 radical (unpaired) electrons. The Morgan fingerprint density at radius 2 is 1.62 bits per heavy atom. The summed E-state index contributed by atoms with van der Waals surface area (Å²) in [5.41, 5.74) is 0. The van der Waals surface area contributed by atoms with Crippen LogP contribution in [0.5, 0.6) is 0 Å². The largest absolute Gasteiger partial charge is 0.357 e. The summed E-state index contributed by atoms with van der Waals surface area (Å²) in [5, 5.41) is 6.73. The fourth-order valence-corrected chi connectivity index (χ4v) is 2.21. The maximum absolute atomic E-state index is 4.66. The van der Waals surface area contributed by atoms with Crippen molar-refractivity contribution in [2.24, 2.45) is 4.99 Å². The van der Waals surface area contributed by atoms with E-state index < -0.39 is 0 Å². The van der Waals surface area contributed by atoms with Crippen LogP contribution in [0.4, 0.5) is 0 Å². The van der Waals surface area contributed by atoms with Crippen LogP contribution in [0.15, 0.2) is 4.99 Å². The molecule has 0 heterocycles. The van der Waals surface area contributed by atoms with Crippen LogP contribution in [0.3, 0.4) is 0 Å². The van der Waals surface area contributed by atoms with Gasteiger partial charge in [-0.05, 0) is 54.4 Å². The molecular weight excluding hydrogens is 375 g/mol. The van der Waals surface area contributed by atoms with Gasteiger partial charge in [-0.25, -0.2) is 0 Å². The lowest BCUT2D eigenvalue weighted by Gasteiger charge is -2.30. The molecule has 0 spiro atoms. The molecule has 0 aliphatic carbocycles. The molecule has 0 aromatic carbocycles. The van der Waals surface area contributed by atoms with E-state index in [2.05, 4.69) is 69.0 Å². The van der Waals surface area contributed by atoms with E-state index in [1.165, 1.54) is 0 Å². The molecule has 21 heavy (non-hydrogen) atoms. The van der Waals surface area contributed by atoms with Crippen molar-refractivity contribution in [2.45, 2.75) is 79.4 Å². The average molecular weight is 412 g/mol. The Morgan fingerprint density at radius 1 is 1.05 bits per heavy atom. The Morgan fingerprint density at radius 3 is 2.05 bits per heavy atom. The minimum Gasteiger partial charge on any atom is -0.357 e. The maximum Gasteiger partial charge on any atom is 0.191 e. The molecule has 0 amide bonds. The number of rotatable bonds is 9. The number of aliphatic imine (C=N–C) groups is 1. The van der Waals surface area contributed by atoms with Crippen molar-refractivity contribution in [1.82, 2.24) is 15.5 Å². The lowest BCUT2D eigenvalue weighted by atomic mass is 10.2. The number of guanidine groups is 1. The standard InChI is InChI=1S/C16H36N4.HI/c1-8-15(7)19-16(17-9-2)18-11-10-12-20(13(3)4)14(5)6;/h13-15H,8-12H2,1-7H3,(H2,17,18,19);1H. The second kappa shape index (κ2) is 13.6. The summed E-state index contributed by atoms with van der Waals surface area (Å²) in [5.74, 6) is 0.947. The van der Waals surface area contributed by atoms with E-state index >= 15 is 0 Å². The summed E-state index contributed by atoms with van der Waals surface area (Å²) >= 11 is 0. The zero-order valence-corrected chi connectivity index (χ0v) is 17.4. The third-order valence-electron chi connectivity index (χ3n) is 3.51. The fraction of sp³-hybridized carbons (Fsp3) is 0.938. The lowest BCUT2D eigenvalue weighted by Crippen LogP contribution is -2.42. The highest BCUT2D eigenvalue weighted by Crippen LogP contribution is 2.05. The first-order valence-electron chi connectivity index (χ1n) is 8.22. The first kappa shape index (κ1) is 23.2. The summed E-state index contributed by atoms with van der Waals surface area (Å²) < 4.78 is 0. The van der Waals surface area contributed by atoms with Crippen LogP contribution >= 0.6 is 24.0 Å². The molecule has 0 aromatic heterocycles. The molecule has 0 aliphatic rings. The second-order valence-electron chi connectivity index (χ2n) is 5.99. The predicted molar refractivity (Wildman–Crippen MR) is 106 cm³/mol. The molecule has 0 saturated heterocycles. The van der Waals surface area contributed by atoms with Crippen LogP contribution in [-0.4, -0.2) is 48.6 Å². The first-order chi connectivity index (χ1) is 9.42. The van der Waals surface area contributed by atoms with Crippen LogP contribution in [0.25, 0.3) is 0 Å². The van der Waals surface area contributed by atoms with Gasteiger partial charge in [0, 0.05) is 37.8 Å². The molecule has 0 aliphatic heterocycles. The summed E-state index contributed by atoms with van der Waals surface area (Å²) in [4.78, 5) is 7.18. The Hall–Kier alpha value is -0.0400. The van der Waals surface area contributed by atoms with Gasteiger partial charge in [0.15, 0.2) is 5.96 Å². The van der Waals surface area contributed by atoms with Gasteiger partial charge in [-0.2, -0.15) is 0 Å². The molecule has 2 N–H and O–H groups in total. The van der Waals surface area contributed by atoms with Crippen LogP contribution in [0.1, 0.15) is 61.3 Å². The number of nitrogens with zero attached hydrogens (tertiary/aromatic N) is 2. The van der Waals surface area contributed by atoms with Gasteiger partial charge >= 0.3 is 0 Å². The zero-order valence-electron chi connectivity index (χ0n) is 15.1. The molecule has 0 bridgehead atoms. The molecule has 1 atom stereocenters. The van der Waals surface area contributed by atoms with Crippen molar-refractivity contribution < 1.29 is 0 Å². The van der Waals surface area contributed by atoms with E-state index in [0.717, 1.165) is 38.4 Å². The Balaban J connectivity index is 0. The summed E-state index contributed by atoms with van der Waals surface area (Å²) in [6.45, 7) is 18.4. The quantitative estimate of drug-likeness (QED) is 0.264. The minimum atomic E-state index is 0. The molecule has 128 valence electrons. The van der Waals surface area contributed by atoms with E-state index in [9.17, 15) is 0 Å². The van der Waals surface area contributed by atoms with Crippen LogP contribution in [0.2, 0.25) is 0 Å². The van der Waals surface area contributed by atoms with Gasteiger partial charge in [-0.1, -0.05) is 6.92 Å². The van der Waals surface area contributed by atoms with Crippen molar-refractivity contribution in [1.29, 1.82) is 0 Å². The van der Waals surface area contributed by atoms with E-state index in [1.54, 1.807) is 0 Å². The highest BCUT2D eigenvalue weighted by atomic mass is 127. The van der Waals surface area contributed by atoms with Crippen molar-refractivity contribution in [2.75, 3.05) is 19.6 Å². The van der Waals surface area contributed by atoms with E-state index in [1.807, 2.05) is 0 Å². The number of hydrogen-bond donors (Lipinski definition) is 2. The van der Waals surface area contributed by atoms with Gasteiger partial charge in [0.1, 0.15) is 0 Å². The smallest absolute Gasteiger partial charge is 0.191 e. The van der Waals surface area contributed by atoms with Crippen molar-refractivity contribution >= 4 is 29.9 Å². The molecule has 0 fully saturated rings. The number of halogens is 1. The normalized spacial score (nSPS) is 13.5. The lowest BCUT2D eigenvalue weighted by molar-refractivity contribution is 0.174. The number of hydrogen-bond acceptors (Lipinski definition) is 2. The predicted octanol–water partition coefficient (Wildman–Crippen LogP) is 3.47. The van der Waals surface area contributed by atoms with Gasteiger partial charge in [0.05, 0.1) is 0 Å². The van der Waals surface area contributed by atoms with Crippen LogP contribution in [-0.2, 0) is 0 Å². The highest BCUT2D eigenvalue weighted by molar-refractivity contribution is 14.0. The van der Waals surface area contributed by atoms with Crippen molar-refractivity contribution in [3.63, 3.8) is 0 Å². The zero-order chi connectivity index (χ0) is 15.5. The summed E-state index contributed by atoms with van der Waals surface area (Å²) in [6, 6.07) is 1.67. The molecule has 0 rings (SSSR count). The van der Waals surface area contributed by atoms with E-state index in [-0.39, 0.29) is 24.0 Å². The third-order valence-corrected chi connectivity index (χ3v) is 3.51. The molecular formula is C16H37IN4. The van der Waals surface area contributed by atoms with Gasteiger partial charge < -0.3 is 10.6 Å². The number of nitrogens with one attached hydrogen (secondary N) is 2. The Labute approximate surface area is 149 Å². The van der Waals surface area contributed by atoms with Crippen LogP contribution < -0.4 is 10.6 Å². The van der Waals surface area contributed by atoms with Gasteiger partial charge in [-0.3, -0.25) is 9.89 Å². The minimum absolute atomic E-state index is 0. The highest BCUT2D eigenvalue weighted by Gasteiger charge is 2.12. The van der Waals surface area contributed by atoms with Crippen molar-refractivity contribution in [3.8, 4) is 0 Å². The molecule has 4 nitrogen and oxygen atoms in total. The van der Waals surface area contributed by atoms with Gasteiger partial charge in [0.25, 0.3) is 0 Å². The summed E-state index contributed by atoms with van der Waals surface area (Å²) in [6.07, 6.45) is 2.21. The Kier molecular flexibility index (Phi) is 15.1. The SMILES string of the molecule is CCNC(=NCCCN(C(C)C)C(C)C)NC(C)CC.I. The van der Waals surface area contributed by atoms with Gasteiger partial charge in [-0.15, -0.1) is 24.0 Å². The second-order valence-corrected chi connectivity index (χ2v) is 5.99. The van der Waals surface area contributed by atoms with E-state index in [0.29, 0.717) is 18.1 Å². The van der Waals surface area contributed by atoms with Crippen LogP contribution in [0, 0.1) is 0 Å². The maximum atomic E-state index is 4.66. The third kappa shape index (κ3) is 11.2. The summed E-state index contributed by atoms with van der Waals surface area (Å²) in [7, 11) is 0. The Bertz CT molecular complexity index is 259. The first-order valence-corrected chi connectivity index (χ1v) is 8.22. The molecule has 0 aromatic rings. The molecule has 1 unspecified atom stereocenters. The van der Waals surface area contributed by atoms with Gasteiger partial charge in [0.2, 0.25) is 0 Å². The fourth-order valence-electron chi connectivity index (χ4n) is 2.21. The monoisotopic (exact) mass is 412 g/mol.